The minimum atomic E-state index is -0.934. The summed E-state index contributed by atoms with van der Waals surface area (Å²) >= 11 is 0. The second-order valence-electron chi connectivity index (χ2n) is 3.16. The van der Waals surface area contributed by atoms with Crippen molar-refractivity contribution in [3.8, 4) is 0 Å². The van der Waals surface area contributed by atoms with Crippen LogP contribution in [0.2, 0.25) is 0 Å². The van der Waals surface area contributed by atoms with Crippen LogP contribution in [-0.4, -0.2) is 41.1 Å². The quantitative estimate of drug-likeness (QED) is 0.646. The van der Waals surface area contributed by atoms with Gasteiger partial charge in [0.15, 0.2) is 0 Å². The summed E-state index contributed by atoms with van der Waals surface area (Å²) in [7, 11) is 0. The highest BCUT2D eigenvalue weighted by Crippen LogP contribution is 2.16. The number of carboxylic acids is 1. The molecule has 1 aliphatic rings. The number of carbonyl (C=O) groups is 2. The molecule has 78 valence electrons. The van der Waals surface area contributed by atoms with Crippen molar-refractivity contribution >= 4 is 12.0 Å². The first-order valence-corrected chi connectivity index (χ1v) is 4.55. The van der Waals surface area contributed by atoms with Gasteiger partial charge in [-0.25, -0.2) is 9.59 Å². The average Bonchev–Trinajstić information content (AvgIpc) is 2.62. The number of urea groups is 1. The lowest BCUT2D eigenvalue weighted by molar-refractivity contribution is -0.141. The Balaban J connectivity index is 2.53. The Labute approximate surface area is 82.4 Å². The van der Waals surface area contributed by atoms with E-state index >= 15 is 0 Å². The number of nitrogens with one attached hydrogen (secondary N) is 1. The zero-order valence-corrected chi connectivity index (χ0v) is 7.90. The maximum Gasteiger partial charge on any atom is 0.326 e. The molecule has 1 rings (SSSR count). The molecule has 5 heteroatoms. The second-order valence-corrected chi connectivity index (χ2v) is 3.16. The van der Waals surface area contributed by atoms with Crippen molar-refractivity contribution in [3.05, 3.63) is 12.7 Å². The van der Waals surface area contributed by atoms with E-state index in [0.717, 1.165) is 6.42 Å². The van der Waals surface area contributed by atoms with Crippen molar-refractivity contribution in [1.29, 1.82) is 0 Å². The molecule has 1 aliphatic heterocycles. The van der Waals surface area contributed by atoms with Gasteiger partial charge in [0.05, 0.1) is 0 Å². The number of carbonyl (C=O) groups excluding carboxylic acids is 1. The number of likely N-dealkylation sites (tertiary alicyclic amines) is 1. The number of hydrogen-bond acceptors (Lipinski definition) is 2. The van der Waals surface area contributed by atoms with Gasteiger partial charge in [0.2, 0.25) is 0 Å². The maximum absolute atomic E-state index is 11.4. The van der Waals surface area contributed by atoms with E-state index in [1.165, 1.54) is 4.90 Å². The Bertz CT molecular complexity index is 252. The minimum absolute atomic E-state index is 0.324. The Morgan fingerprint density at radius 1 is 1.64 bits per heavy atom. The molecular weight excluding hydrogens is 184 g/mol. The molecule has 1 atom stereocenters. The number of nitrogens with zero attached hydrogens (tertiary/aromatic N) is 1. The monoisotopic (exact) mass is 198 g/mol. The second kappa shape index (κ2) is 4.64. The van der Waals surface area contributed by atoms with Gasteiger partial charge in [-0.2, -0.15) is 0 Å². The third-order valence-electron chi connectivity index (χ3n) is 2.20. The van der Waals surface area contributed by atoms with Gasteiger partial charge in [-0.3, -0.25) is 0 Å². The highest BCUT2D eigenvalue weighted by atomic mass is 16.4. The van der Waals surface area contributed by atoms with Crippen LogP contribution in [0.3, 0.4) is 0 Å². The van der Waals surface area contributed by atoms with Crippen LogP contribution in [0.4, 0.5) is 4.79 Å². The molecule has 0 aliphatic carbocycles. The van der Waals surface area contributed by atoms with Crippen molar-refractivity contribution in [2.24, 2.45) is 0 Å². The molecule has 2 N–H and O–H groups in total. The average molecular weight is 198 g/mol. The molecule has 0 radical (unpaired) electrons. The van der Waals surface area contributed by atoms with Gasteiger partial charge in [-0.1, -0.05) is 6.08 Å². The van der Waals surface area contributed by atoms with Crippen molar-refractivity contribution in [2.75, 3.05) is 13.1 Å². The van der Waals surface area contributed by atoms with Crippen LogP contribution in [0.1, 0.15) is 12.8 Å². The van der Waals surface area contributed by atoms with Crippen LogP contribution in [0.15, 0.2) is 12.7 Å². The highest BCUT2D eigenvalue weighted by Gasteiger charge is 2.33. The van der Waals surface area contributed by atoms with Crippen molar-refractivity contribution in [1.82, 2.24) is 10.2 Å². The molecule has 2 amide bonds. The smallest absolute Gasteiger partial charge is 0.326 e. The number of rotatable bonds is 3. The van der Waals surface area contributed by atoms with Gasteiger partial charge in [0.25, 0.3) is 0 Å². The predicted octanol–water partition coefficient (Wildman–Crippen LogP) is 0.431. The van der Waals surface area contributed by atoms with Crippen LogP contribution < -0.4 is 5.32 Å². The Kier molecular flexibility index (Phi) is 3.50. The van der Waals surface area contributed by atoms with E-state index in [0.29, 0.717) is 19.5 Å². The highest BCUT2D eigenvalue weighted by molar-refractivity contribution is 5.83. The Morgan fingerprint density at radius 3 is 2.93 bits per heavy atom. The summed E-state index contributed by atoms with van der Waals surface area (Å²) in [6.07, 6.45) is 2.85. The summed E-state index contributed by atoms with van der Waals surface area (Å²) in [5.41, 5.74) is 0. The predicted molar refractivity (Wildman–Crippen MR) is 51.0 cm³/mol. The molecule has 5 nitrogen and oxygen atoms in total. The number of carboxylic acid groups (broad SMARTS) is 1. The van der Waals surface area contributed by atoms with Crippen molar-refractivity contribution in [3.63, 3.8) is 0 Å². The van der Waals surface area contributed by atoms with E-state index < -0.39 is 12.0 Å². The molecular formula is C9H14N2O3. The molecule has 0 aromatic heterocycles. The van der Waals surface area contributed by atoms with Gasteiger partial charge in [0.1, 0.15) is 6.04 Å². The summed E-state index contributed by atoms with van der Waals surface area (Å²) < 4.78 is 0. The lowest BCUT2D eigenvalue weighted by Gasteiger charge is -2.21. The number of amides is 2. The third kappa shape index (κ3) is 2.25. The molecule has 0 spiro atoms. The zero-order chi connectivity index (χ0) is 10.6. The first kappa shape index (κ1) is 10.6. The molecule has 0 saturated carbocycles. The normalized spacial score (nSPS) is 20.6. The molecule has 1 heterocycles. The summed E-state index contributed by atoms with van der Waals surface area (Å²) in [6.45, 7) is 4.34. The first-order valence-electron chi connectivity index (χ1n) is 4.55. The standard InChI is InChI=1S/C9H14N2O3/c1-2-5-10-9(14)11-6-3-4-7(11)8(12)13/h2,7H,1,3-6H2,(H,10,14)(H,12,13). The topological polar surface area (TPSA) is 69.6 Å². The first-order chi connectivity index (χ1) is 6.66. The summed E-state index contributed by atoms with van der Waals surface area (Å²) in [6, 6.07) is -0.991. The van der Waals surface area contributed by atoms with E-state index in [-0.39, 0.29) is 6.03 Å². The fourth-order valence-corrected chi connectivity index (χ4v) is 1.53. The van der Waals surface area contributed by atoms with E-state index in [1.54, 1.807) is 6.08 Å². The largest absolute Gasteiger partial charge is 0.480 e. The molecule has 14 heavy (non-hydrogen) atoms. The van der Waals surface area contributed by atoms with Gasteiger partial charge >= 0.3 is 12.0 Å². The summed E-state index contributed by atoms with van der Waals surface area (Å²) in [5.74, 6) is -0.934. The fraction of sp³-hybridized carbons (Fsp3) is 0.556. The molecule has 1 unspecified atom stereocenters. The lowest BCUT2D eigenvalue weighted by Crippen LogP contribution is -2.45. The van der Waals surface area contributed by atoms with Crippen molar-refractivity contribution in [2.45, 2.75) is 18.9 Å². The lowest BCUT2D eigenvalue weighted by atomic mass is 10.2. The van der Waals surface area contributed by atoms with Crippen LogP contribution >= 0.6 is 0 Å². The van der Waals surface area contributed by atoms with Crippen LogP contribution in [-0.2, 0) is 4.79 Å². The van der Waals surface area contributed by atoms with E-state index in [4.69, 9.17) is 5.11 Å². The number of aliphatic carboxylic acids is 1. The van der Waals surface area contributed by atoms with Crippen LogP contribution in [0, 0.1) is 0 Å². The summed E-state index contributed by atoms with van der Waals surface area (Å²) in [4.78, 5) is 23.5. The molecule has 0 aromatic carbocycles. The Hall–Kier alpha value is -1.52. The van der Waals surface area contributed by atoms with E-state index in [1.807, 2.05) is 0 Å². The molecule has 1 saturated heterocycles. The van der Waals surface area contributed by atoms with Crippen LogP contribution in [0.25, 0.3) is 0 Å². The Morgan fingerprint density at radius 2 is 2.36 bits per heavy atom. The molecule has 0 aromatic rings. The molecule has 1 fully saturated rings. The van der Waals surface area contributed by atoms with Gasteiger partial charge in [-0.15, -0.1) is 6.58 Å². The van der Waals surface area contributed by atoms with E-state index in [9.17, 15) is 9.59 Å². The zero-order valence-electron chi connectivity index (χ0n) is 7.90. The van der Waals surface area contributed by atoms with Gasteiger partial charge < -0.3 is 15.3 Å². The number of hydrogen-bond donors (Lipinski definition) is 2. The van der Waals surface area contributed by atoms with Crippen LogP contribution in [0.5, 0.6) is 0 Å². The summed E-state index contributed by atoms with van der Waals surface area (Å²) in [5, 5.41) is 11.4. The minimum Gasteiger partial charge on any atom is -0.480 e. The SMILES string of the molecule is C=CCNC(=O)N1CCCC1C(=O)O. The fourth-order valence-electron chi connectivity index (χ4n) is 1.53. The van der Waals surface area contributed by atoms with Gasteiger partial charge in [-0.05, 0) is 12.8 Å². The third-order valence-corrected chi connectivity index (χ3v) is 2.20. The maximum atomic E-state index is 11.4. The van der Waals surface area contributed by atoms with E-state index in [2.05, 4.69) is 11.9 Å². The molecule has 0 bridgehead atoms. The van der Waals surface area contributed by atoms with Gasteiger partial charge in [0, 0.05) is 13.1 Å². The van der Waals surface area contributed by atoms with Crippen molar-refractivity contribution < 1.29 is 14.7 Å².